The van der Waals surface area contributed by atoms with Gasteiger partial charge in [0.15, 0.2) is 0 Å². The Balaban J connectivity index is 1.52. The fraction of sp³-hybridized carbons (Fsp3) is 0.500. The van der Waals surface area contributed by atoms with Crippen molar-refractivity contribution in [2.24, 2.45) is 0 Å². The summed E-state index contributed by atoms with van der Waals surface area (Å²) < 4.78 is 0. The van der Waals surface area contributed by atoms with E-state index in [0.717, 1.165) is 10.5 Å². The summed E-state index contributed by atoms with van der Waals surface area (Å²) in [4.78, 5) is 2.89. The molecule has 0 nitrogen and oxygen atoms in total. The van der Waals surface area contributed by atoms with Gasteiger partial charge in [-0.2, -0.15) is 23.5 Å². The summed E-state index contributed by atoms with van der Waals surface area (Å²) in [5, 5.41) is 1.87. The lowest BCUT2D eigenvalue weighted by Gasteiger charge is -2.03. The Hall–Kier alpha value is 0.620. The molecule has 0 aliphatic carbocycles. The topological polar surface area (TPSA) is 0 Å². The molecule has 2 unspecified atom stereocenters. The molecular weight excluding hydrogens is 272 g/mol. The monoisotopic (exact) mass is 286 g/mol. The lowest BCUT2D eigenvalue weighted by molar-refractivity contribution is 1.24. The minimum Gasteiger partial charge on any atom is -0.156 e. The summed E-state index contributed by atoms with van der Waals surface area (Å²) in [5.74, 6) is 5.33. The normalized spacial score (nSPS) is 26.8. The van der Waals surface area contributed by atoms with Crippen LogP contribution in [0.3, 0.4) is 0 Å². The van der Waals surface area contributed by atoms with Crippen LogP contribution in [-0.2, 0) is 0 Å². The molecule has 0 radical (unpaired) electrons. The van der Waals surface area contributed by atoms with Crippen LogP contribution >= 0.6 is 47.0 Å². The largest absolute Gasteiger partial charge is 0.156 e. The van der Waals surface area contributed by atoms with Gasteiger partial charge in [0, 0.05) is 43.3 Å². The molecule has 2 aliphatic heterocycles. The number of hydrogen-bond donors (Lipinski definition) is 0. The summed E-state index contributed by atoms with van der Waals surface area (Å²) in [7, 11) is 0. The zero-order valence-electron chi connectivity index (χ0n) is 8.93. The summed E-state index contributed by atoms with van der Waals surface area (Å²) in [6.45, 7) is 0. The van der Waals surface area contributed by atoms with Gasteiger partial charge in [0.25, 0.3) is 0 Å². The molecule has 2 saturated heterocycles. The van der Waals surface area contributed by atoms with E-state index in [9.17, 15) is 0 Å². The summed E-state index contributed by atoms with van der Waals surface area (Å²) >= 11 is 8.20. The predicted molar refractivity (Wildman–Crippen MR) is 80.4 cm³/mol. The smallest absolute Gasteiger partial charge is 0.0232 e. The van der Waals surface area contributed by atoms with Crippen molar-refractivity contribution in [1.82, 2.24) is 0 Å². The van der Waals surface area contributed by atoms with Gasteiger partial charge >= 0.3 is 0 Å². The van der Waals surface area contributed by atoms with Crippen LogP contribution in [0.25, 0.3) is 0 Å². The standard InChI is InChI=1S/C12H14S4/c1-2-9(13-5-11-7-15-11)4-10(3-1)14-6-12-8-16-12/h1-4,11-12H,5-8H2. The van der Waals surface area contributed by atoms with Gasteiger partial charge < -0.3 is 0 Å². The van der Waals surface area contributed by atoms with Gasteiger partial charge in [-0.05, 0) is 18.2 Å². The van der Waals surface area contributed by atoms with Crippen molar-refractivity contribution in [3.05, 3.63) is 24.3 Å². The molecule has 0 bridgehead atoms. The van der Waals surface area contributed by atoms with Crippen LogP contribution in [-0.4, -0.2) is 33.5 Å². The van der Waals surface area contributed by atoms with Gasteiger partial charge in [-0.3, -0.25) is 0 Å². The van der Waals surface area contributed by atoms with Crippen molar-refractivity contribution in [3.63, 3.8) is 0 Å². The summed E-state index contributed by atoms with van der Waals surface area (Å²) in [6.07, 6.45) is 0. The zero-order valence-corrected chi connectivity index (χ0v) is 12.2. The van der Waals surface area contributed by atoms with Crippen molar-refractivity contribution in [2.45, 2.75) is 20.3 Å². The molecule has 0 saturated carbocycles. The molecule has 0 N–H and O–H groups in total. The highest BCUT2D eigenvalue weighted by Crippen LogP contribution is 2.37. The summed E-state index contributed by atoms with van der Waals surface area (Å²) in [5.41, 5.74) is 0. The van der Waals surface area contributed by atoms with Crippen LogP contribution in [0.1, 0.15) is 0 Å². The van der Waals surface area contributed by atoms with E-state index in [4.69, 9.17) is 0 Å². The second-order valence-corrected chi connectivity index (χ2v) is 8.86. The van der Waals surface area contributed by atoms with Gasteiger partial charge in [-0.25, -0.2) is 0 Å². The van der Waals surface area contributed by atoms with Gasteiger partial charge in [-0.15, -0.1) is 23.5 Å². The first-order valence-corrected chi connectivity index (χ1v) is 9.56. The third-order valence-electron chi connectivity index (χ3n) is 2.48. The van der Waals surface area contributed by atoms with E-state index in [-0.39, 0.29) is 0 Å². The molecule has 2 aliphatic rings. The van der Waals surface area contributed by atoms with E-state index in [1.165, 1.54) is 32.8 Å². The Morgan fingerprint density at radius 3 is 1.94 bits per heavy atom. The molecule has 2 heterocycles. The van der Waals surface area contributed by atoms with E-state index in [1.807, 2.05) is 23.5 Å². The summed E-state index contributed by atoms with van der Waals surface area (Å²) in [6, 6.07) is 9.04. The molecule has 2 atom stereocenters. The SMILES string of the molecule is c1cc(SCC2CS2)cc(SCC2CS2)c1. The molecule has 0 spiro atoms. The quantitative estimate of drug-likeness (QED) is 0.570. The maximum absolute atomic E-state index is 2.36. The molecule has 86 valence electrons. The number of hydrogen-bond acceptors (Lipinski definition) is 4. The molecule has 1 aromatic carbocycles. The molecular formula is C12H14S4. The van der Waals surface area contributed by atoms with E-state index < -0.39 is 0 Å². The van der Waals surface area contributed by atoms with Crippen LogP contribution in [0.15, 0.2) is 34.1 Å². The fourth-order valence-corrected chi connectivity index (χ4v) is 5.18. The first-order valence-electron chi connectivity index (χ1n) is 5.49. The van der Waals surface area contributed by atoms with Crippen LogP contribution in [0.2, 0.25) is 0 Å². The average Bonchev–Trinajstić information content (AvgIpc) is 3.17. The van der Waals surface area contributed by atoms with Gasteiger partial charge in [0.1, 0.15) is 0 Å². The number of benzene rings is 1. The first-order chi connectivity index (χ1) is 7.90. The molecule has 0 amide bonds. The molecule has 16 heavy (non-hydrogen) atoms. The van der Waals surface area contributed by atoms with Gasteiger partial charge in [0.05, 0.1) is 0 Å². The first kappa shape index (κ1) is 11.7. The van der Waals surface area contributed by atoms with Crippen molar-refractivity contribution < 1.29 is 0 Å². The second kappa shape index (κ2) is 5.51. The molecule has 0 aromatic heterocycles. The van der Waals surface area contributed by atoms with E-state index in [2.05, 4.69) is 47.8 Å². The van der Waals surface area contributed by atoms with Crippen molar-refractivity contribution in [2.75, 3.05) is 23.0 Å². The van der Waals surface area contributed by atoms with Crippen LogP contribution in [0.5, 0.6) is 0 Å². The Morgan fingerprint density at radius 2 is 1.50 bits per heavy atom. The van der Waals surface area contributed by atoms with Crippen LogP contribution in [0, 0.1) is 0 Å². The molecule has 2 fully saturated rings. The Kier molecular flexibility index (Phi) is 4.03. The lowest BCUT2D eigenvalue weighted by atomic mass is 10.4. The maximum atomic E-state index is 2.36. The Morgan fingerprint density at radius 1 is 1.00 bits per heavy atom. The van der Waals surface area contributed by atoms with Crippen molar-refractivity contribution >= 4 is 47.0 Å². The predicted octanol–water partition coefficient (Wildman–Crippen LogP) is 4.10. The van der Waals surface area contributed by atoms with Crippen molar-refractivity contribution in [3.8, 4) is 0 Å². The zero-order chi connectivity index (χ0) is 10.8. The third kappa shape index (κ3) is 3.83. The second-order valence-electron chi connectivity index (χ2n) is 4.01. The average molecular weight is 287 g/mol. The van der Waals surface area contributed by atoms with E-state index >= 15 is 0 Å². The minimum atomic E-state index is 0.934. The van der Waals surface area contributed by atoms with E-state index in [1.54, 1.807) is 0 Å². The lowest BCUT2D eigenvalue weighted by Crippen LogP contribution is -1.88. The molecule has 3 rings (SSSR count). The minimum absolute atomic E-state index is 0.934. The highest BCUT2D eigenvalue weighted by molar-refractivity contribution is 8.09. The Labute approximate surface area is 114 Å². The fourth-order valence-electron chi connectivity index (χ4n) is 1.36. The van der Waals surface area contributed by atoms with Gasteiger partial charge in [-0.1, -0.05) is 6.07 Å². The third-order valence-corrected chi connectivity index (χ3v) is 7.16. The van der Waals surface area contributed by atoms with Crippen molar-refractivity contribution in [1.29, 1.82) is 0 Å². The number of thioether (sulfide) groups is 4. The van der Waals surface area contributed by atoms with E-state index in [0.29, 0.717) is 0 Å². The maximum Gasteiger partial charge on any atom is 0.0232 e. The van der Waals surface area contributed by atoms with Crippen LogP contribution in [0.4, 0.5) is 0 Å². The molecule has 1 aromatic rings. The van der Waals surface area contributed by atoms with Crippen LogP contribution < -0.4 is 0 Å². The van der Waals surface area contributed by atoms with Gasteiger partial charge in [0.2, 0.25) is 0 Å². The highest BCUT2D eigenvalue weighted by atomic mass is 32.2. The highest BCUT2D eigenvalue weighted by Gasteiger charge is 2.23. The molecule has 4 heteroatoms. The number of rotatable bonds is 6. The Bertz CT molecular complexity index is 327.